The summed E-state index contributed by atoms with van der Waals surface area (Å²) in [4.78, 5) is 12.5. The van der Waals surface area contributed by atoms with Crippen LogP contribution in [0.4, 0.5) is 0 Å². The number of hydrogen-bond acceptors (Lipinski definition) is 3. The fourth-order valence-corrected chi connectivity index (χ4v) is 2.19. The van der Waals surface area contributed by atoms with Crippen LogP contribution < -0.4 is 11.1 Å². The molecule has 0 unspecified atom stereocenters. The third-order valence-electron chi connectivity index (χ3n) is 2.56. The van der Waals surface area contributed by atoms with Gasteiger partial charge in [0.2, 0.25) is 5.91 Å². The van der Waals surface area contributed by atoms with Crippen molar-refractivity contribution in [1.29, 1.82) is 0 Å². The van der Waals surface area contributed by atoms with E-state index in [2.05, 4.69) is 50.4 Å². The van der Waals surface area contributed by atoms with Gasteiger partial charge in [-0.05, 0) is 23.1 Å². The van der Waals surface area contributed by atoms with Gasteiger partial charge < -0.3 is 11.1 Å². The average Bonchev–Trinajstić information content (AvgIpc) is 2.33. The summed E-state index contributed by atoms with van der Waals surface area (Å²) >= 11 is 1.55. The molecule has 1 rings (SSSR count). The molecular weight excluding hydrogens is 280 g/mol. The second kappa shape index (κ2) is 8.46. The summed E-state index contributed by atoms with van der Waals surface area (Å²) in [5.41, 5.74) is 6.79. The van der Waals surface area contributed by atoms with Crippen molar-refractivity contribution in [2.45, 2.75) is 31.1 Å². The zero-order valence-electron chi connectivity index (χ0n) is 11.7. The predicted octanol–water partition coefficient (Wildman–Crippen LogP) is 2.57. The number of carbonyl (C=O) groups is 1. The van der Waals surface area contributed by atoms with Crippen LogP contribution in [0.15, 0.2) is 29.2 Å². The van der Waals surface area contributed by atoms with Crippen LogP contribution in [-0.2, 0) is 10.2 Å². The SMILES string of the molecule is CC(C)(C)c1ccc(SCC(=O)NCCN)cc1.Cl. The highest BCUT2D eigenvalue weighted by molar-refractivity contribution is 8.00. The minimum atomic E-state index is 0. The lowest BCUT2D eigenvalue weighted by Gasteiger charge is -2.19. The second-order valence-corrected chi connectivity index (χ2v) is 6.25. The molecule has 0 aromatic heterocycles. The highest BCUT2D eigenvalue weighted by Crippen LogP contribution is 2.25. The summed E-state index contributed by atoms with van der Waals surface area (Å²) in [6.07, 6.45) is 0. The maximum absolute atomic E-state index is 11.4. The van der Waals surface area contributed by atoms with Crippen molar-refractivity contribution in [2.24, 2.45) is 5.73 Å². The van der Waals surface area contributed by atoms with Crippen LogP contribution in [0, 0.1) is 0 Å². The van der Waals surface area contributed by atoms with Crippen LogP contribution in [0.3, 0.4) is 0 Å². The third kappa shape index (κ3) is 6.85. The van der Waals surface area contributed by atoms with Crippen molar-refractivity contribution >= 4 is 30.1 Å². The number of hydrogen-bond donors (Lipinski definition) is 2. The van der Waals surface area contributed by atoms with E-state index in [0.29, 0.717) is 18.8 Å². The molecule has 0 spiro atoms. The van der Waals surface area contributed by atoms with E-state index < -0.39 is 0 Å². The largest absolute Gasteiger partial charge is 0.354 e. The molecule has 1 aromatic carbocycles. The molecule has 0 bridgehead atoms. The standard InChI is InChI=1S/C14H22N2OS.ClH/c1-14(2,3)11-4-6-12(7-5-11)18-10-13(17)16-9-8-15;/h4-7H,8-10,15H2,1-3H3,(H,16,17);1H. The van der Waals surface area contributed by atoms with Gasteiger partial charge in [-0.2, -0.15) is 0 Å². The smallest absolute Gasteiger partial charge is 0.230 e. The van der Waals surface area contributed by atoms with E-state index in [1.165, 1.54) is 5.56 Å². The molecule has 0 aliphatic heterocycles. The zero-order chi connectivity index (χ0) is 13.6. The molecule has 1 aromatic rings. The van der Waals surface area contributed by atoms with E-state index >= 15 is 0 Å². The van der Waals surface area contributed by atoms with Crippen LogP contribution in [0.1, 0.15) is 26.3 Å². The number of carbonyl (C=O) groups excluding carboxylic acids is 1. The Bertz CT molecular complexity index is 387. The molecule has 0 atom stereocenters. The Morgan fingerprint density at radius 3 is 2.32 bits per heavy atom. The Morgan fingerprint density at radius 1 is 1.26 bits per heavy atom. The minimum Gasteiger partial charge on any atom is -0.354 e. The van der Waals surface area contributed by atoms with Crippen LogP contribution in [0.25, 0.3) is 0 Å². The van der Waals surface area contributed by atoms with Gasteiger partial charge in [0.05, 0.1) is 5.75 Å². The van der Waals surface area contributed by atoms with Gasteiger partial charge in [-0.1, -0.05) is 32.9 Å². The van der Waals surface area contributed by atoms with Gasteiger partial charge in [0.1, 0.15) is 0 Å². The molecule has 0 heterocycles. The van der Waals surface area contributed by atoms with Crippen LogP contribution in [0.2, 0.25) is 0 Å². The molecule has 5 heteroatoms. The molecule has 0 aliphatic rings. The Kier molecular flexibility index (Phi) is 8.14. The van der Waals surface area contributed by atoms with Crippen molar-refractivity contribution in [2.75, 3.05) is 18.8 Å². The van der Waals surface area contributed by atoms with Gasteiger partial charge in [0.15, 0.2) is 0 Å². The molecule has 19 heavy (non-hydrogen) atoms. The summed E-state index contributed by atoms with van der Waals surface area (Å²) in [6.45, 7) is 7.60. The van der Waals surface area contributed by atoms with Crippen LogP contribution >= 0.6 is 24.2 Å². The van der Waals surface area contributed by atoms with E-state index in [-0.39, 0.29) is 23.7 Å². The number of nitrogens with one attached hydrogen (secondary N) is 1. The molecule has 0 saturated heterocycles. The van der Waals surface area contributed by atoms with E-state index in [1.54, 1.807) is 11.8 Å². The first kappa shape index (κ1) is 18.3. The lowest BCUT2D eigenvalue weighted by Crippen LogP contribution is -2.30. The van der Waals surface area contributed by atoms with Crippen LogP contribution in [-0.4, -0.2) is 24.7 Å². The first-order valence-electron chi connectivity index (χ1n) is 6.13. The molecule has 0 fully saturated rings. The van der Waals surface area contributed by atoms with Gasteiger partial charge in [-0.3, -0.25) is 4.79 Å². The van der Waals surface area contributed by atoms with Gasteiger partial charge in [-0.25, -0.2) is 0 Å². The van der Waals surface area contributed by atoms with E-state index in [4.69, 9.17) is 5.73 Å². The van der Waals surface area contributed by atoms with E-state index in [9.17, 15) is 4.79 Å². The summed E-state index contributed by atoms with van der Waals surface area (Å²) in [6, 6.07) is 8.39. The fraction of sp³-hybridized carbons (Fsp3) is 0.500. The van der Waals surface area contributed by atoms with Gasteiger partial charge >= 0.3 is 0 Å². The summed E-state index contributed by atoms with van der Waals surface area (Å²) in [5.74, 6) is 0.472. The second-order valence-electron chi connectivity index (χ2n) is 5.20. The van der Waals surface area contributed by atoms with Gasteiger partial charge in [0, 0.05) is 18.0 Å². The topological polar surface area (TPSA) is 55.1 Å². The summed E-state index contributed by atoms with van der Waals surface area (Å²) < 4.78 is 0. The van der Waals surface area contributed by atoms with E-state index in [1.807, 2.05) is 0 Å². The summed E-state index contributed by atoms with van der Waals surface area (Å²) in [5, 5.41) is 2.75. The number of rotatable bonds is 5. The van der Waals surface area contributed by atoms with Crippen molar-refractivity contribution in [1.82, 2.24) is 5.32 Å². The number of thioether (sulfide) groups is 1. The molecule has 3 N–H and O–H groups in total. The lowest BCUT2D eigenvalue weighted by atomic mass is 9.87. The Morgan fingerprint density at radius 2 is 1.84 bits per heavy atom. The molecular formula is C14H23ClN2OS. The monoisotopic (exact) mass is 302 g/mol. The first-order valence-corrected chi connectivity index (χ1v) is 7.12. The van der Waals surface area contributed by atoms with E-state index in [0.717, 1.165) is 4.90 Å². The Balaban J connectivity index is 0.00000324. The quantitative estimate of drug-likeness (QED) is 0.822. The average molecular weight is 303 g/mol. The lowest BCUT2D eigenvalue weighted by molar-refractivity contribution is -0.118. The summed E-state index contributed by atoms with van der Waals surface area (Å²) in [7, 11) is 0. The van der Waals surface area contributed by atoms with Crippen molar-refractivity contribution in [3.05, 3.63) is 29.8 Å². The first-order chi connectivity index (χ1) is 8.43. The predicted molar refractivity (Wildman–Crippen MR) is 85.2 cm³/mol. The zero-order valence-corrected chi connectivity index (χ0v) is 13.4. The normalized spacial score (nSPS) is 10.7. The van der Waals surface area contributed by atoms with Crippen LogP contribution in [0.5, 0.6) is 0 Å². The molecule has 0 radical (unpaired) electrons. The molecule has 3 nitrogen and oxygen atoms in total. The van der Waals surface area contributed by atoms with Gasteiger partial charge in [0.25, 0.3) is 0 Å². The number of benzene rings is 1. The maximum atomic E-state index is 11.4. The number of halogens is 1. The molecule has 108 valence electrons. The molecule has 0 saturated carbocycles. The van der Waals surface area contributed by atoms with Crippen molar-refractivity contribution in [3.63, 3.8) is 0 Å². The maximum Gasteiger partial charge on any atom is 0.230 e. The van der Waals surface area contributed by atoms with Gasteiger partial charge in [-0.15, -0.1) is 24.2 Å². The number of nitrogens with two attached hydrogens (primary N) is 1. The highest BCUT2D eigenvalue weighted by atomic mass is 35.5. The Labute approximate surface area is 126 Å². The minimum absolute atomic E-state index is 0. The van der Waals surface area contributed by atoms with Crippen molar-refractivity contribution < 1.29 is 4.79 Å². The van der Waals surface area contributed by atoms with Crippen molar-refractivity contribution in [3.8, 4) is 0 Å². The third-order valence-corrected chi connectivity index (χ3v) is 3.57. The molecule has 0 aliphatic carbocycles. The molecule has 1 amide bonds. The Hall–Kier alpha value is -0.710. The number of amides is 1. The highest BCUT2D eigenvalue weighted by Gasteiger charge is 2.12. The fourth-order valence-electron chi connectivity index (χ4n) is 1.46.